The molecule has 1 aromatic heterocycles. The first-order chi connectivity index (χ1) is 8.06. The first-order valence-corrected chi connectivity index (χ1v) is 5.70. The van der Waals surface area contributed by atoms with E-state index in [4.69, 9.17) is 10.5 Å². The molecule has 0 saturated heterocycles. The van der Waals surface area contributed by atoms with Gasteiger partial charge >= 0.3 is 0 Å². The largest absolute Gasteiger partial charge is 0.437 e. The molecule has 17 heavy (non-hydrogen) atoms. The van der Waals surface area contributed by atoms with Crippen molar-refractivity contribution < 1.29 is 9.13 Å². The second-order valence-corrected chi connectivity index (χ2v) is 4.44. The molecule has 0 unspecified atom stereocenters. The maximum atomic E-state index is 13.3. The molecular formula is C12H10BrFN2O. The Morgan fingerprint density at radius 3 is 2.76 bits per heavy atom. The molecule has 1 aromatic carbocycles. The molecular weight excluding hydrogens is 287 g/mol. The number of hydrogen-bond acceptors (Lipinski definition) is 3. The van der Waals surface area contributed by atoms with Gasteiger partial charge < -0.3 is 10.5 Å². The maximum absolute atomic E-state index is 13.3. The molecule has 0 atom stereocenters. The summed E-state index contributed by atoms with van der Waals surface area (Å²) in [4.78, 5) is 4.04. The average Bonchev–Trinajstić information content (AvgIpc) is 2.27. The number of nitrogens with two attached hydrogens (primary N) is 1. The van der Waals surface area contributed by atoms with Crippen molar-refractivity contribution >= 4 is 21.6 Å². The molecule has 0 radical (unpaired) electrons. The van der Waals surface area contributed by atoms with E-state index >= 15 is 0 Å². The molecule has 0 aliphatic carbocycles. The predicted molar refractivity (Wildman–Crippen MR) is 67.6 cm³/mol. The minimum Gasteiger partial charge on any atom is -0.437 e. The fourth-order valence-corrected chi connectivity index (χ4v) is 1.56. The molecule has 2 aromatic rings. The summed E-state index contributed by atoms with van der Waals surface area (Å²) in [5.74, 6) is 0.235. The lowest BCUT2D eigenvalue weighted by molar-refractivity contribution is 0.460. The van der Waals surface area contributed by atoms with E-state index in [1.807, 2.05) is 6.92 Å². The second kappa shape index (κ2) is 4.71. The predicted octanol–water partition coefficient (Wildman–Crippen LogP) is 3.67. The molecule has 1 heterocycles. The van der Waals surface area contributed by atoms with Crippen LogP contribution in [0.3, 0.4) is 0 Å². The van der Waals surface area contributed by atoms with Crippen LogP contribution in [0.15, 0.2) is 34.9 Å². The number of halogens is 2. The van der Waals surface area contributed by atoms with Gasteiger partial charge in [0.05, 0.1) is 10.2 Å². The Labute approximate surface area is 107 Å². The van der Waals surface area contributed by atoms with E-state index < -0.39 is 5.82 Å². The van der Waals surface area contributed by atoms with Gasteiger partial charge in [-0.2, -0.15) is 0 Å². The molecule has 2 rings (SSSR count). The van der Waals surface area contributed by atoms with Gasteiger partial charge in [-0.1, -0.05) is 0 Å². The summed E-state index contributed by atoms with van der Waals surface area (Å²) in [6.07, 6.45) is 1.64. The number of ether oxygens (including phenoxy) is 1. The number of nitrogen functional groups attached to an aromatic ring is 1. The molecule has 0 spiro atoms. The van der Waals surface area contributed by atoms with Crippen LogP contribution in [0.1, 0.15) is 5.56 Å². The highest BCUT2D eigenvalue weighted by atomic mass is 79.9. The van der Waals surface area contributed by atoms with Gasteiger partial charge in [-0.15, -0.1) is 0 Å². The van der Waals surface area contributed by atoms with Crippen LogP contribution in [0.25, 0.3) is 0 Å². The van der Waals surface area contributed by atoms with Gasteiger partial charge in [-0.05, 0) is 46.6 Å². The van der Waals surface area contributed by atoms with Crippen LogP contribution < -0.4 is 10.5 Å². The SMILES string of the molecule is Cc1cnc(Oc2ccc(Br)c(F)c2)c(N)c1. The highest BCUT2D eigenvalue weighted by Gasteiger charge is 2.06. The number of aromatic nitrogens is 1. The molecule has 0 amide bonds. The van der Waals surface area contributed by atoms with Gasteiger partial charge in [0.2, 0.25) is 5.88 Å². The molecule has 0 bridgehead atoms. The van der Waals surface area contributed by atoms with Crippen LogP contribution in [-0.2, 0) is 0 Å². The van der Waals surface area contributed by atoms with E-state index in [1.165, 1.54) is 6.07 Å². The quantitative estimate of drug-likeness (QED) is 0.920. The zero-order chi connectivity index (χ0) is 12.4. The van der Waals surface area contributed by atoms with Crippen molar-refractivity contribution in [2.75, 3.05) is 5.73 Å². The minimum atomic E-state index is -0.395. The average molecular weight is 297 g/mol. The van der Waals surface area contributed by atoms with Gasteiger partial charge in [-0.25, -0.2) is 9.37 Å². The second-order valence-electron chi connectivity index (χ2n) is 3.59. The first-order valence-electron chi connectivity index (χ1n) is 4.91. The summed E-state index contributed by atoms with van der Waals surface area (Å²) < 4.78 is 19.1. The third-order valence-electron chi connectivity index (χ3n) is 2.12. The van der Waals surface area contributed by atoms with Gasteiger partial charge in [0.15, 0.2) is 0 Å². The summed E-state index contributed by atoms with van der Waals surface area (Å²) in [7, 11) is 0. The summed E-state index contributed by atoms with van der Waals surface area (Å²) in [5.41, 5.74) is 7.11. The van der Waals surface area contributed by atoms with E-state index in [-0.39, 0.29) is 5.88 Å². The third-order valence-corrected chi connectivity index (χ3v) is 2.76. The molecule has 0 aliphatic rings. The number of hydrogen-bond donors (Lipinski definition) is 1. The third kappa shape index (κ3) is 2.74. The summed E-state index contributed by atoms with van der Waals surface area (Å²) in [5, 5.41) is 0. The van der Waals surface area contributed by atoms with Crippen LogP contribution in [0.2, 0.25) is 0 Å². The van der Waals surface area contributed by atoms with Crippen LogP contribution in [0.4, 0.5) is 10.1 Å². The van der Waals surface area contributed by atoms with Gasteiger partial charge in [0.25, 0.3) is 0 Å². The van der Waals surface area contributed by atoms with Crippen molar-refractivity contribution in [2.24, 2.45) is 0 Å². The minimum absolute atomic E-state index is 0.275. The van der Waals surface area contributed by atoms with Crippen molar-refractivity contribution in [3.05, 3.63) is 46.3 Å². The molecule has 0 saturated carbocycles. The highest BCUT2D eigenvalue weighted by Crippen LogP contribution is 2.28. The Morgan fingerprint density at radius 1 is 1.35 bits per heavy atom. The van der Waals surface area contributed by atoms with Crippen molar-refractivity contribution in [1.29, 1.82) is 0 Å². The summed E-state index contributed by atoms with van der Waals surface area (Å²) in [6, 6.07) is 6.21. The Balaban J connectivity index is 2.28. The monoisotopic (exact) mass is 296 g/mol. The Kier molecular flexibility index (Phi) is 3.28. The Hall–Kier alpha value is -1.62. The summed E-state index contributed by atoms with van der Waals surface area (Å²) >= 11 is 3.07. The molecule has 2 N–H and O–H groups in total. The fourth-order valence-electron chi connectivity index (χ4n) is 1.32. The van der Waals surface area contributed by atoms with Crippen LogP contribution in [0, 0.1) is 12.7 Å². The molecule has 3 nitrogen and oxygen atoms in total. The molecule has 5 heteroatoms. The number of aryl methyl sites for hydroxylation is 1. The Bertz CT molecular complexity index is 560. The van der Waals surface area contributed by atoms with Crippen LogP contribution in [-0.4, -0.2) is 4.98 Å². The molecule has 0 fully saturated rings. The normalized spacial score (nSPS) is 10.3. The standard InChI is InChI=1S/C12H10BrFN2O/c1-7-4-11(15)12(16-6-7)17-8-2-3-9(13)10(14)5-8/h2-6H,15H2,1H3. The Morgan fingerprint density at radius 2 is 2.12 bits per heavy atom. The van der Waals surface area contributed by atoms with Gasteiger partial charge in [0.1, 0.15) is 11.6 Å². The lowest BCUT2D eigenvalue weighted by Crippen LogP contribution is -1.96. The highest BCUT2D eigenvalue weighted by molar-refractivity contribution is 9.10. The van der Waals surface area contributed by atoms with E-state index in [0.29, 0.717) is 15.9 Å². The van der Waals surface area contributed by atoms with Crippen LogP contribution >= 0.6 is 15.9 Å². The van der Waals surface area contributed by atoms with E-state index in [1.54, 1.807) is 24.4 Å². The number of pyridine rings is 1. The van der Waals surface area contributed by atoms with Crippen molar-refractivity contribution in [3.63, 3.8) is 0 Å². The van der Waals surface area contributed by atoms with E-state index in [2.05, 4.69) is 20.9 Å². The first kappa shape index (κ1) is 11.9. The van der Waals surface area contributed by atoms with Gasteiger partial charge in [0, 0.05) is 12.3 Å². The lowest BCUT2D eigenvalue weighted by Gasteiger charge is -2.08. The smallest absolute Gasteiger partial charge is 0.242 e. The van der Waals surface area contributed by atoms with Crippen molar-refractivity contribution in [1.82, 2.24) is 4.98 Å². The maximum Gasteiger partial charge on any atom is 0.242 e. The zero-order valence-electron chi connectivity index (χ0n) is 9.08. The molecule has 88 valence electrons. The number of benzene rings is 1. The number of anilines is 1. The van der Waals surface area contributed by atoms with E-state index in [0.717, 1.165) is 5.56 Å². The summed E-state index contributed by atoms with van der Waals surface area (Å²) in [6.45, 7) is 1.88. The number of nitrogens with zero attached hydrogens (tertiary/aromatic N) is 1. The number of rotatable bonds is 2. The van der Waals surface area contributed by atoms with Crippen LogP contribution in [0.5, 0.6) is 11.6 Å². The van der Waals surface area contributed by atoms with Gasteiger partial charge in [-0.3, -0.25) is 0 Å². The van der Waals surface area contributed by atoms with E-state index in [9.17, 15) is 4.39 Å². The fraction of sp³-hybridized carbons (Fsp3) is 0.0833. The van der Waals surface area contributed by atoms with Crippen molar-refractivity contribution in [3.8, 4) is 11.6 Å². The molecule has 0 aliphatic heterocycles. The zero-order valence-corrected chi connectivity index (χ0v) is 10.7. The lowest BCUT2D eigenvalue weighted by atomic mass is 10.3. The topological polar surface area (TPSA) is 48.1 Å². The van der Waals surface area contributed by atoms with Crippen molar-refractivity contribution in [2.45, 2.75) is 6.92 Å².